The molecule has 1 fully saturated rings. The Balaban J connectivity index is 2.48. The number of likely N-dealkylation sites (tertiary alicyclic amines) is 1. The molecule has 0 bridgehead atoms. The van der Waals surface area contributed by atoms with E-state index in [1.807, 2.05) is 0 Å². The van der Waals surface area contributed by atoms with Gasteiger partial charge in [-0.1, -0.05) is 0 Å². The van der Waals surface area contributed by atoms with Crippen LogP contribution in [0.25, 0.3) is 0 Å². The number of β-amino-alcohol motifs (C(OH)–C–C–N with tert-alkyl or cyclic N) is 1. The van der Waals surface area contributed by atoms with E-state index in [1.54, 1.807) is 18.7 Å². The fourth-order valence-corrected chi connectivity index (χ4v) is 1.12. The monoisotopic (exact) mass is 173 g/mol. The Morgan fingerprint density at radius 1 is 1.58 bits per heavy atom. The lowest BCUT2D eigenvalue weighted by Gasteiger charge is -2.40. The SMILES string of the molecule is CC(C)(CO)C(=O)N1CC(O)C1. The molecule has 0 aromatic heterocycles. The fourth-order valence-electron chi connectivity index (χ4n) is 1.12. The minimum Gasteiger partial charge on any atom is -0.395 e. The second kappa shape index (κ2) is 3.03. The molecule has 4 heteroatoms. The number of amides is 1. The molecule has 0 spiro atoms. The molecule has 70 valence electrons. The van der Waals surface area contributed by atoms with E-state index in [9.17, 15) is 4.79 Å². The highest BCUT2D eigenvalue weighted by Gasteiger charge is 2.37. The van der Waals surface area contributed by atoms with Crippen molar-refractivity contribution in [3.05, 3.63) is 0 Å². The second-order valence-corrected chi connectivity index (χ2v) is 3.91. The Bertz CT molecular complexity index is 185. The van der Waals surface area contributed by atoms with Crippen LogP contribution in [-0.2, 0) is 4.79 Å². The molecule has 1 aliphatic heterocycles. The van der Waals surface area contributed by atoms with Crippen molar-refractivity contribution in [3.8, 4) is 0 Å². The third-order valence-electron chi connectivity index (χ3n) is 2.12. The molecule has 0 saturated carbocycles. The molecule has 0 atom stereocenters. The number of hydrogen-bond donors (Lipinski definition) is 2. The van der Waals surface area contributed by atoms with Gasteiger partial charge in [-0.2, -0.15) is 0 Å². The molecule has 1 saturated heterocycles. The average molecular weight is 173 g/mol. The molecule has 0 unspecified atom stereocenters. The Hall–Kier alpha value is -0.610. The van der Waals surface area contributed by atoms with E-state index in [0.717, 1.165) is 0 Å². The number of rotatable bonds is 2. The molecule has 12 heavy (non-hydrogen) atoms. The first-order valence-electron chi connectivity index (χ1n) is 4.05. The molecular formula is C8H15NO3. The molecular weight excluding hydrogens is 158 g/mol. The van der Waals surface area contributed by atoms with Crippen LogP contribution >= 0.6 is 0 Å². The summed E-state index contributed by atoms with van der Waals surface area (Å²) in [6, 6.07) is 0. The van der Waals surface area contributed by atoms with Gasteiger partial charge < -0.3 is 15.1 Å². The van der Waals surface area contributed by atoms with Gasteiger partial charge in [-0.05, 0) is 13.8 Å². The number of carbonyl (C=O) groups is 1. The number of aliphatic hydroxyl groups is 2. The summed E-state index contributed by atoms with van der Waals surface area (Å²) in [6.07, 6.45) is -0.372. The molecule has 0 radical (unpaired) electrons. The van der Waals surface area contributed by atoms with E-state index in [1.165, 1.54) is 0 Å². The molecule has 0 aromatic rings. The van der Waals surface area contributed by atoms with Crippen molar-refractivity contribution in [1.29, 1.82) is 0 Å². The summed E-state index contributed by atoms with van der Waals surface area (Å²) in [5.41, 5.74) is -0.708. The van der Waals surface area contributed by atoms with Crippen LogP contribution in [0.2, 0.25) is 0 Å². The molecule has 1 aliphatic rings. The Kier molecular flexibility index (Phi) is 2.39. The number of nitrogens with zero attached hydrogens (tertiary/aromatic N) is 1. The summed E-state index contributed by atoms with van der Waals surface area (Å²) in [5.74, 6) is -0.0877. The molecule has 2 N–H and O–H groups in total. The lowest BCUT2D eigenvalue weighted by atomic mass is 9.91. The molecule has 4 nitrogen and oxygen atoms in total. The minimum atomic E-state index is -0.708. The van der Waals surface area contributed by atoms with Crippen LogP contribution in [0.1, 0.15) is 13.8 Å². The van der Waals surface area contributed by atoms with Crippen molar-refractivity contribution in [2.75, 3.05) is 19.7 Å². The summed E-state index contributed by atoms with van der Waals surface area (Å²) in [4.78, 5) is 13.0. The summed E-state index contributed by atoms with van der Waals surface area (Å²) in [6.45, 7) is 4.04. The summed E-state index contributed by atoms with van der Waals surface area (Å²) in [7, 11) is 0. The zero-order chi connectivity index (χ0) is 9.35. The number of carbonyl (C=O) groups excluding carboxylic acids is 1. The van der Waals surface area contributed by atoms with Crippen molar-refractivity contribution in [1.82, 2.24) is 4.90 Å². The van der Waals surface area contributed by atoms with Crippen LogP contribution in [-0.4, -0.2) is 46.8 Å². The standard InChI is InChI=1S/C8H15NO3/c1-8(2,5-10)7(12)9-3-6(11)4-9/h6,10-11H,3-5H2,1-2H3. The average Bonchev–Trinajstić information content (AvgIpc) is 1.97. The highest BCUT2D eigenvalue weighted by Crippen LogP contribution is 2.21. The zero-order valence-corrected chi connectivity index (χ0v) is 7.45. The largest absolute Gasteiger partial charge is 0.395 e. The van der Waals surface area contributed by atoms with Gasteiger partial charge in [0.2, 0.25) is 5.91 Å². The number of aliphatic hydroxyl groups excluding tert-OH is 2. The van der Waals surface area contributed by atoms with Crippen LogP contribution in [0.15, 0.2) is 0 Å². The summed E-state index contributed by atoms with van der Waals surface area (Å²) >= 11 is 0. The molecule has 0 aromatic carbocycles. The Labute approximate surface area is 71.8 Å². The van der Waals surface area contributed by atoms with Gasteiger partial charge in [-0.15, -0.1) is 0 Å². The fraction of sp³-hybridized carbons (Fsp3) is 0.875. The predicted molar refractivity (Wildman–Crippen MR) is 43.5 cm³/mol. The quantitative estimate of drug-likeness (QED) is 0.575. The normalized spacial score (nSPS) is 19.2. The maximum Gasteiger partial charge on any atom is 0.230 e. The smallest absolute Gasteiger partial charge is 0.230 e. The molecule has 0 aliphatic carbocycles. The predicted octanol–water partition coefficient (Wildman–Crippen LogP) is -0.792. The second-order valence-electron chi connectivity index (χ2n) is 3.91. The van der Waals surface area contributed by atoms with Crippen molar-refractivity contribution >= 4 is 5.91 Å². The van der Waals surface area contributed by atoms with Gasteiger partial charge in [-0.25, -0.2) is 0 Å². The van der Waals surface area contributed by atoms with Gasteiger partial charge in [0.15, 0.2) is 0 Å². The van der Waals surface area contributed by atoms with Crippen LogP contribution in [0.3, 0.4) is 0 Å². The lowest BCUT2D eigenvalue weighted by Crippen LogP contribution is -2.57. The topological polar surface area (TPSA) is 60.8 Å². The zero-order valence-electron chi connectivity index (χ0n) is 7.45. The van der Waals surface area contributed by atoms with E-state index < -0.39 is 5.41 Å². The van der Waals surface area contributed by atoms with Crippen molar-refractivity contribution in [2.45, 2.75) is 20.0 Å². The van der Waals surface area contributed by atoms with Gasteiger partial charge in [0, 0.05) is 13.1 Å². The highest BCUT2D eigenvalue weighted by molar-refractivity contribution is 5.82. The van der Waals surface area contributed by atoms with Crippen molar-refractivity contribution in [2.24, 2.45) is 5.41 Å². The highest BCUT2D eigenvalue weighted by atomic mass is 16.3. The third kappa shape index (κ3) is 1.59. The van der Waals surface area contributed by atoms with Crippen LogP contribution < -0.4 is 0 Å². The van der Waals surface area contributed by atoms with Crippen LogP contribution in [0, 0.1) is 5.41 Å². The first kappa shape index (κ1) is 9.48. The Morgan fingerprint density at radius 2 is 2.08 bits per heavy atom. The van der Waals surface area contributed by atoms with Crippen LogP contribution in [0.4, 0.5) is 0 Å². The first-order chi connectivity index (χ1) is 5.47. The van der Waals surface area contributed by atoms with Crippen molar-refractivity contribution < 1.29 is 15.0 Å². The van der Waals surface area contributed by atoms with Gasteiger partial charge in [0.1, 0.15) is 0 Å². The third-order valence-corrected chi connectivity index (χ3v) is 2.12. The van der Waals surface area contributed by atoms with E-state index in [2.05, 4.69) is 0 Å². The number of hydrogen-bond acceptors (Lipinski definition) is 3. The minimum absolute atomic E-state index is 0.0877. The van der Waals surface area contributed by atoms with E-state index >= 15 is 0 Å². The molecule has 1 rings (SSSR count). The maximum absolute atomic E-state index is 11.5. The van der Waals surface area contributed by atoms with Gasteiger partial charge >= 0.3 is 0 Å². The van der Waals surface area contributed by atoms with Gasteiger partial charge in [0.25, 0.3) is 0 Å². The van der Waals surface area contributed by atoms with Crippen LogP contribution in [0.5, 0.6) is 0 Å². The molecule has 1 heterocycles. The summed E-state index contributed by atoms with van der Waals surface area (Å²) < 4.78 is 0. The van der Waals surface area contributed by atoms with Crippen molar-refractivity contribution in [3.63, 3.8) is 0 Å². The summed E-state index contributed by atoms with van der Waals surface area (Å²) in [5, 5.41) is 17.8. The first-order valence-corrected chi connectivity index (χ1v) is 4.05. The Morgan fingerprint density at radius 3 is 2.42 bits per heavy atom. The van der Waals surface area contributed by atoms with Gasteiger partial charge in [-0.3, -0.25) is 4.79 Å². The maximum atomic E-state index is 11.5. The molecule has 1 amide bonds. The van der Waals surface area contributed by atoms with E-state index in [0.29, 0.717) is 13.1 Å². The van der Waals surface area contributed by atoms with Gasteiger partial charge in [0.05, 0.1) is 18.1 Å². The van der Waals surface area contributed by atoms with E-state index in [-0.39, 0.29) is 18.6 Å². The van der Waals surface area contributed by atoms with E-state index in [4.69, 9.17) is 10.2 Å². The lowest BCUT2D eigenvalue weighted by molar-refractivity contribution is -0.152.